The van der Waals surface area contributed by atoms with Gasteiger partial charge in [-0.3, -0.25) is 4.79 Å². The van der Waals surface area contributed by atoms with Crippen LogP contribution in [-0.4, -0.2) is 24.1 Å². The second-order valence-electron chi connectivity index (χ2n) is 5.95. The molecule has 0 atom stereocenters. The first kappa shape index (κ1) is 17.4. The van der Waals surface area contributed by atoms with E-state index < -0.39 is 0 Å². The number of aryl methyl sites for hydroxylation is 1. The fourth-order valence-electron chi connectivity index (χ4n) is 2.82. The van der Waals surface area contributed by atoms with Crippen LogP contribution >= 0.6 is 11.6 Å². The van der Waals surface area contributed by atoms with Gasteiger partial charge in [-0.05, 0) is 54.1 Å². The van der Waals surface area contributed by atoms with E-state index in [1.807, 2.05) is 47.2 Å². The normalized spacial score (nSPS) is 10.8. The highest BCUT2D eigenvalue weighted by molar-refractivity contribution is 6.31. The Bertz CT molecular complexity index is 856. The van der Waals surface area contributed by atoms with Gasteiger partial charge in [-0.2, -0.15) is 0 Å². The Labute approximate surface area is 152 Å². The summed E-state index contributed by atoms with van der Waals surface area (Å²) in [5.74, 6) is 0.864. The molecule has 1 N–H and O–H groups in total. The SMILES string of the molecule is COc1ccc(CCCNC(=O)Cn2ccc3ccc(Cl)cc32)cc1. The summed E-state index contributed by atoms with van der Waals surface area (Å²) in [6.45, 7) is 0.956. The van der Waals surface area contributed by atoms with E-state index >= 15 is 0 Å². The number of ether oxygens (including phenoxy) is 1. The van der Waals surface area contributed by atoms with Crippen LogP contribution in [-0.2, 0) is 17.8 Å². The number of fused-ring (bicyclic) bond motifs is 1. The van der Waals surface area contributed by atoms with Crippen molar-refractivity contribution in [3.05, 3.63) is 65.3 Å². The minimum absolute atomic E-state index is 0.00667. The van der Waals surface area contributed by atoms with Crippen molar-refractivity contribution in [1.82, 2.24) is 9.88 Å². The number of carbonyl (C=O) groups is 1. The maximum Gasteiger partial charge on any atom is 0.239 e. The van der Waals surface area contributed by atoms with E-state index in [4.69, 9.17) is 16.3 Å². The Morgan fingerprint density at radius 1 is 1.16 bits per heavy atom. The molecule has 0 unspecified atom stereocenters. The molecule has 25 heavy (non-hydrogen) atoms. The molecule has 0 saturated heterocycles. The first-order valence-corrected chi connectivity index (χ1v) is 8.67. The molecular formula is C20H21ClN2O2. The van der Waals surface area contributed by atoms with Gasteiger partial charge in [0.15, 0.2) is 0 Å². The van der Waals surface area contributed by atoms with Gasteiger partial charge in [-0.15, -0.1) is 0 Å². The summed E-state index contributed by atoms with van der Waals surface area (Å²) in [4.78, 5) is 12.2. The second-order valence-corrected chi connectivity index (χ2v) is 6.38. The third-order valence-electron chi connectivity index (χ3n) is 4.17. The molecule has 0 aliphatic carbocycles. The molecule has 0 aliphatic rings. The van der Waals surface area contributed by atoms with Crippen molar-refractivity contribution in [3.63, 3.8) is 0 Å². The summed E-state index contributed by atoms with van der Waals surface area (Å²) in [5.41, 5.74) is 2.21. The topological polar surface area (TPSA) is 43.3 Å². The van der Waals surface area contributed by atoms with E-state index in [1.165, 1.54) is 5.56 Å². The molecule has 0 saturated carbocycles. The molecule has 0 radical (unpaired) electrons. The maximum absolute atomic E-state index is 12.2. The Morgan fingerprint density at radius 3 is 2.72 bits per heavy atom. The van der Waals surface area contributed by atoms with Gasteiger partial charge in [0.1, 0.15) is 12.3 Å². The van der Waals surface area contributed by atoms with E-state index in [2.05, 4.69) is 17.4 Å². The van der Waals surface area contributed by atoms with Crippen LogP contribution in [0, 0.1) is 0 Å². The number of amides is 1. The molecule has 0 fully saturated rings. The summed E-state index contributed by atoms with van der Waals surface area (Å²) in [7, 11) is 1.66. The highest BCUT2D eigenvalue weighted by Crippen LogP contribution is 2.20. The number of methoxy groups -OCH3 is 1. The number of nitrogens with zero attached hydrogens (tertiary/aromatic N) is 1. The summed E-state index contributed by atoms with van der Waals surface area (Å²) >= 11 is 6.04. The predicted octanol–water partition coefficient (Wildman–Crippen LogP) is 4.05. The van der Waals surface area contributed by atoms with E-state index in [1.54, 1.807) is 7.11 Å². The minimum atomic E-state index is 0.00667. The molecule has 1 heterocycles. The maximum atomic E-state index is 12.2. The van der Waals surface area contributed by atoms with Gasteiger partial charge < -0.3 is 14.6 Å². The largest absolute Gasteiger partial charge is 0.497 e. The smallest absolute Gasteiger partial charge is 0.239 e. The summed E-state index contributed by atoms with van der Waals surface area (Å²) in [5, 5.41) is 4.73. The quantitative estimate of drug-likeness (QED) is 0.649. The lowest BCUT2D eigenvalue weighted by atomic mass is 10.1. The second kappa shape index (κ2) is 8.08. The molecule has 1 aromatic heterocycles. The number of hydrogen-bond acceptors (Lipinski definition) is 2. The van der Waals surface area contributed by atoms with Crippen molar-refractivity contribution >= 4 is 28.4 Å². The van der Waals surface area contributed by atoms with Gasteiger partial charge in [-0.25, -0.2) is 0 Å². The van der Waals surface area contributed by atoms with E-state index in [0.29, 0.717) is 18.1 Å². The zero-order valence-electron chi connectivity index (χ0n) is 14.2. The molecule has 0 spiro atoms. The van der Waals surface area contributed by atoms with Crippen molar-refractivity contribution in [1.29, 1.82) is 0 Å². The molecule has 0 aliphatic heterocycles. The lowest BCUT2D eigenvalue weighted by molar-refractivity contribution is -0.121. The van der Waals surface area contributed by atoms with Crippen LogP contribution in [0.25, 0.3) is 10.9 Å². The zero-order chi connectivity index (χ0) is 17.6. The van der Waals surface area contributed by atoms with Crippen molar-refractivity contribution in [2.75, 3.05) is 13.7 Å². The third-order valence-corrected chi connectivity index (χ3v) is 4.41. The third kappa shape index (κ3) is 4.54. The zero-order valence-corrected chi connectivity index (χ0v) is 14.9. The molecular weight excluding hydrogens is 336 g/mol. The Hall–Kier alpha value is -2.46. The van der Waals surface area contributed by atoms with Crippen molar-refractivity contribution < 1.29 is 9.53 Å². The standard InChI is InChI=1S/C20H21ClN2O2/c1-25-18-8-4-15(5-9-18)3-2-11-22-20(24)14-23-12-10-16-6-7-17(21)13-19(16)23/h4-10,12-13H,2-3,11,14H2,1H3,(H,22,24). The lowest BCUT2D eigenvalue weighted by Crippen LogP contribution is -2.28. The van der Waals surface area contributed by atoms with Gasteiger partial charge in [0.05, 0.1) is 7.11 Å². The summed E-state index contributed by atoms with van der Waals surface area (Å²) in [6.07, 6.45) is 3.74. The van der Waals surface area contributed by atoms with Crippen LogP contribution in [0.1, 0.15) is 12.0 Å². The highest BCUT2D eigenvalue weighted by Gasteiger charge is 2.06. The number of nitrogens with one attached hydrogen (secondary N) is 1. The van der Waals surface area contributed by atoms with Gasteiger partial charge in [0, 0.05) is 23.3 Å². The predicted molar refractivity (Wildman–Crippen MR) is 101 cm³/mol. The summed E-state index contributed by atoms with van der Waals surface area (Å²) in [6, 6.07) is 15.7. The number of carbonyl (C=O) groups excluding carboxylic acids is 1. The van der Waals surface area contributed by atoms with E-state index in [-0.39, 0.29) is 5.91 Å². The molecule has 4 nitrogen and oxygen atoms in total. The summed E-state index contributed by atoms with van der Waals surface area (Å²) < 4.78 is 7.06. The van der Waals surface area contributed by atoms with Crippen LogP contribution in [0.15, 0.2) is 54.7 Å². The Kier molecular flexibility index (Phi) is 5.61. The van der Waals surface area contributed by atoms with Crippen molar-refractivity contribution in [3.8, 4) is 5.75 Å². The average molecular weight is 357 g/mol. The molecule has 1 amide bonds. The van der Waals surface area contributed by atoms with Crippen LogP contribution in [0.3, 0.4) is 0 Å². The molecule has 2 aromatic carbocycles. The highest BCUT2D eigenvalue weighted by atomic mass is 35.5. The molecule has 130 valence electrons. The Morgan fingerprint density at radius 2 is 1.96 bits per heavy atom. The monoisotopic (exact) mass is 356 g/mol. The van der Waals surface area contributed by atoms with Gasteiger partial charge in [0.25, 0.3) is 0 Å². The number of benzene rings is 2. The van der Waals surface area contributed by atoms with Crippen molar-refractivity contribution in [2.45, 2.75) is 19.4 Å². The molecule has 5 heteroatoms. The van der Waals surface area contributed by atoms with Crippen LogP contribution in [0.4, 0.5) is 0 Å². The number of hydrogen-bond donors (Lipinski definition) is 1. The number of rotatable bonds is 7. The van der Waals surface area contributed by atoms with E-state index in [0.717, 1.165) is 29.5 Å². The molecule has 3 aromatic rings. The van der Waals surface area contributed by atoms with E-state index in [9.17, 15) is 4.79 Å². The van der Waals surface area contributed by atoms with Gasteiger partial charge in [-0.1, -0.05) is 29.8 Å². The average Bonchev–Trinajstić information content (AvgIpc) is 3.01. The fraction of sp³-hybridized carbons (Fsp3) is 0.250. The van der Waals surface area contributed by atoms with Crippen LogP contribution in [0.2, 0.25) is 5.02 Å². The minimum Gasteiger partial charge on any atom is -0.497 e. The lowest BCUT2D eigenvalue weighted by Gasteiger charge is -2.08. The Balaban J connectivity index is 1.46. The fourth-order valence-corrected chi connectivity index (χ4v) is 2.98. The first-order chi connectivity index (χ1) is 12.2. The number of aromatic nitrogens is 1. The first-order valence-electron chi connectivity index (χ1n) is 8.30. The van der Waals surface area contributed by atoms with Gasteiger partial charge in [0.2, 0.25) is 5.91 Å². The van der Waals surface area contributed by atoms with Gasteiger partial charge >= 0.3 is 0 Å². The van der Waals surface area contributed by atoms with Crippen LogP contribution in [0.5, 0.6) is 5.75 Å². The van der Waals surface area contributed by atoms with Crippen molar-refractivity contribution in [2.24, 2.45) is 0 Å². The molecule has 3 rings (SSSR count). The molecule has 0 bridgehead atoms. The van der Waals surface area contributed by atoms with Crippen LogP contribution < -0.4 is 10.1 Å². The number of halogens is 1.